The minimum absolute atomic E-state index is 0.740. The fraction of sp³-hybridized carbons (Fsp3) is 0.455. The molecule has 0 atom stereocenters. The molecule has 2 rings (SSSR count). The summed E-state index contributed by atoms with van der Waals surface area (Å²) in [4.78, 5) is 0. The van der Waals surface area contributed by atoms with Crippen LogP contribution in [0.1, 0.15) is 5.56 Å². The normalized spacial score (nSPS) is 16.9. The lowest BCUT2D eigenvalue weighted by molar-refractivity contribution is -0.0307. The quantitative estimate of drug-likeness (QED) is 0.751. The van der Waals surface area contributed by atoms with E-state index in [-0.39, 0.29) is 0 Å². The molecule has 0 saturated carbocycles. The van der Waals surface area contributed by atoms with Crippen molar-refractivity contribution in [2.45, 2.75) is 6.54 Å². The summed E-state index contributed by atoms with van der Waals surface area (Å²) in [6.45, 7) is 3.91. The number of ether oxygens (including phenoxy) is 1. The maximum absolute atomic E-state index is 5.10. The van der Waals surface area contributed by atoms with E-state index in [0.29, 0.717) is 0 Å². The zero-order valence-electron chi connectivity index (χ0n) is 7.70. The molecule has 1 aliphatic rings. The van der Waals surface area contributed by atoms with E-state index in [2.05, 4.69) is 29.6 Å². The molecular formula is C11H15NO. The summed E-state index contributed by atoms with van der Waals surface area (Å²) in [5, 5.41) is 3.42. The molecule has 0 bridgehead atoms. The Balaban J connectivity index is 1.67. The monoisotopic (exact) mass is 177 g/mol. The first kappa shape index (κ1) is 8.73. The summed E-state index contributed by atoms with van der Waals surface area (Å²) in [6, 6.07) is 10.5. The van der Waals surface area contributed by atoms with E-state index in [0.717, 1.165) is 32.2 Å². The Bertz CT molecular complexity index is 244. The molecular weight excluding hydrogens is 162 g/mol. The lowest BCUT2D eigenvalue weighted by Crippen LogP contribution is -2.36. The largest absolute Gasteiger partial charge is 0.381 e. The van der Waals surface area contributed by atoms with Gasteiger partial charge in [0.2, 0.25) is 0 Å². The highest BCUT2D eigenvalue weighted by molar-refractivity contribution is 5.14. The molecule has 2 heteroatoms. The molecule has 1 fully saturated rings. The molecule has 1 heterocycles. The van der Waals surface area contributed by atoms with Gasteiger partial charge in [0.25, 0.3) is 0 Å². The van der Waals surface area contributed by atoms with Gasteiger partial charge in [0.05, 0.1) is 13.2 Å². The topological polar surface area (TPSA) is 21.3 Å². The van der Waals surface area contributed by atoms with Crippen LogP contribution < -0.4 is 5.32 Å². The van der Waals surface area contributed by atoms with Gasteiger partial charge in [-0.1, -0.05) is 30.3 Å². The molecule has 2 nitrogen and oxygen atoms in total. The van der Waals surface area contributed by atoms with Gasteiger partial charge in [0.15, 0.2) is 0 Å². The van der Waals surface area contributed by atoms with Crippen molar-refractivity contribution in [3.63, 3.8) is 0 Å². The van der Waals surface area contributed by atoms with Crippen molar-refractivity contribution in [1.29, 1.82) is 0 Å². The van der Waals surface area contributed by atoms with E-state index >= 15 is 0 Å². The van der Waals surface area contributed by atoms with Gasteiger partial charge in [-0.25, -0.2) is 0 Å². The first-order chi connectivity index (χ1) is 6.45. The van der Waals surface area contributed by atoms with Gasteiger partial charge in [-0.05, 0) is 5.56 Å². The molecule has 0 unspecified atom stereocenters. The van der Waals surface area contributed by atoms with Crippen LogP contribution >= 0.6 is 0 Å². The van der Waals surface area contributed by atoms with Gasteiger partial charge in [0.1, 0.15) is 0 Å². The Kier molecular flexibility index (Phi) is 2.95. The lowest BCUT2D eigenvalue weighted by atomic mass is 10.1. The smallest absolute Gasteiger partial charge is 0.0528 e. The van der Waals surface area contributed by atoms with Crippen LogP contribution in [0.4, 0.5) is 0 Å². The zero-order chi connectivity index (χ0) is 8.93. The maximum atomic E-state index is 5.10. The van der Waals surface area contributed by atoms with Crippen molar-refractivity contribution in [1.82, 2.24) is 5.32 Å². The molecule has 0 radical (unpaired) electrons. The highest BCUT2D eigenvalue weighted by atomic mass is 16.5. The molecule has 1 aliphatic heterocycles. The van der Waals surface area contributed by atoms with Crippen molar-refractivity contribution < 1.29 is 4.74 Å². The minimum Gasteiger partial charge on any atom is -0.381 e. The van der Waals surface area contributed by atoms with Crippen LogP contribution in [0.2, 0.25) is 0 Å². The van der Waals surface area contributed by atoms with Crippen LogP contribution in [0.3, 0.4) is 0 Å². The first-order valence-corrected chi connectivity index (χ1v) is 4.77. The molecule has 13 heavy (non-hydrogen) atoms. The minimum atomic E-state index is 0.740. The van der Waals surface area contributed by atoms with Gasteiger partial charge in [0, 0.05) is 19.0 Å². The Labute approximate surface area is 78.9 Å². The highest BCUT2D eigenvalue weighted by Gasteiger charge is 2.16. The third-order valence-corrected chi connectivity index (χ3v) is 2.31. The molecule has 0 aromatic heterocycles. The molecule has 0 aliphatic carbocycles. The van der Waals surface area contributed by atoms with Crippen LogP contribution in [-0.2, 0) is 11.3 Å². The fourth-order valence-corrected chi connectivity index (χ4v) is 1.42. The van der Waals surface area contributed by atoms with E-state index < -0.39 is 0 Å². The third kappa shape index (κ3) is 2.54. The van der Waals surface area contributed by atoms with Crippen molar-refractivity contribution in [3.05, 3.63) is 35.9 Å². The van der Waals surface area contributed by atoms with Crippen molar-refractivity contribution in [2.75, 3.05) is 19.8 Å². The molecule has 1 aromatic rings. The third-order valence-electron chi connectivity index (χ3n) is 2.31. The number of benzene rings is 1. The second-order valence-electron chi connectivity index (χ2n) is 3.52. The summed E-state index contributed by atoms with van der Waals surface area (Å²) < 4.78 is 5.10. The molecule has 0 amide bonds. The molecule has 1 saturated heterocycles. The number of rotatable bonds is 4. The van der Waals surface area contributed by atoms with Crippen molar-refractivity contribution in [3.8, 4) is 0 Å². The Morgan fingerprint density at radius 2 is 2.00 bits per heavy atom. The van der Waals surface area contributed by atoms with Crippen molar-refractivity contribution in [2.24, 2.45) is 5.92 Å². The number of hydrogen-bond donors (Lipinski definition) is 1. The van der Waals surface area contributed by atoms with Gasteiger partial charge in [-0.3, -0.25) is 0 Å². The number of hydrogen-bond acceptors (Lipinski definition) is 2. The van der Waals surface area contributed by atoms with Gasteiger partial charge in [-0.2, -0.15) is 0 Å². The predicted molar refractivity (Wildman–Crippen MR) is 52.5 cm³/mol. The van der Waals surface area contributed by atoms with Crippen LogP contribution in [0, 0.1) is 5.92 Å². The van der Waals surface area contributed by atoms with E-state index in [4.69, 9.17) is 4.74 Å². The van der Waals surface area contributed by atoms with Crippen LogP contribution in [-0.4, -0.2) is 19.8 Å². The van der Waals surface area contributed by atoms with E-state index in [1.165, 1.54) is 5.56 Å². The van der Waals surface area contributed by atoms with Crippen LogP contribution in [0.5, 0.6) is 0 Å². The summed E-state index contributed by atoms with van der Waals surface area (Å²) in [6.07, 6.45) is 0. The van der Waals surface area contributed by atoms with E-state index in [1.54, 1.807) is 0 Å². The van der Waals surface area contributed by atoms with Crippen molar-refractivity contribution >= 4 is 0 Å². The Hall–Kier alpha value is -0.860. The Morgan fingerprint density at radius 1 is 1.23 bits per heavy atom. The second-order valence-corrected chi connectivity index (χ2v) is 3.52. The Morgan fingerprint density at radius 3 is 2.62 bits per heavy atom. The molecule has 0 spiro atoms. The van der Waals surface area contributed by atoms with Gasteiger partial charge >= 0.3 is 0 Å². The first-order valence-electron chi connectivity index (χ1n) is 4.77. The molecule has 1 aromatic carbocycles. The fourth-order valence-electron chi connectivity index (χ4n) is 1.42. The average molecular weight is 177 g/mol. The standard InChI is InChI=1S/C11H15NO/c1-2-4-10(5-3-1)6-12-7-11-8-13-9-11/h1-5,11-12H,6-9H2. The second kappa shape index (κ2) is 4.40. The lowest BCUT2D eigenvalue weighted by Gasteiger charge is -2.26. The predicted octanol–water partition coefficient (Wildman–Crippen LogP) is 1.42. The summed E-state index contributed by atoms with van der Waals surface area (Å²) >= 11 is 0. The maximum Gasteiger partial charge on any atom is 0.0528 e. The van der Waals surface area contributed by atoms with E-state index in [9.17, 15) is 0 Å². The zero-order valence-corrected chi connectivity index (χ0v) is 7.70. The average Bonchev–Trinajstić information content (AvgIpc) is 2.11. The van der Waals surface area contributed by atoms with Crippen LogP contribution in [0.25, 0.3) is 0 Å². The van der Waals surface area contributed by atoms with Crippen LogP contribution in [0.15, 0.2) is 30.3 Å². The highest BCUT2D eigenvalue weighted by Crippen LogP contribution is 2.08. The van der Waals surface area contributed by atoms with E-state index in [1.807, 2.05) is 6.07 Å². The van der Waals surface area contributed by atoms with Gasteiger partial charge < -0.3 is 10.1 Å². The molecule has 1 N–H and O–H groups in total. The summed E-state index contributed by atoms with van der Waals surface area (Å²) in [5.41, 5.74) is 1.35. The number of nitrogens with one attached hydrogen (secondary N) is 1. The summed E-state index contributed by atoms with van der Waals surface area (Å²) in [5.74, 6) is 0.740. The summed E-state index contributed by atoms with van der Waals surface area (Å²) in [7, 11) is 0. The molecule has 70 valence electrons. The SMILES string of the molecule is c1ccc(CNCC2COC2)cc1. The van der Waals surface area contributed by atoms with Gasteiger partial charge in [-0.15, -0.1) is 0 Å².